The number of methoxy groups -OCH3 is 1. The van der Waals surface area contributed by atoms with E-state index in [0.29, 0.717) is 46.7 Å². The average Bonchev–Trinajstić information content (AvgIpc) is 2.87. The lowest BCUT2D eigenvalue weighted by molar-refractivity contribution is -0.432. The monoisotopic (exact) mass is 584 g/mol. The van der Waals surface area contributed by atoms with Gasteiger partial charge in [-0.05, 0) is 83.9 Å². The third-order valence-corrected chi connectivity index (χ3v) is 7.69. The number of ether oxygens (including phenoxy) is 3. The Morgan fingerprint density at radius 1 is 1.13 bits per heavy atom. The third kappa shape index (κ3) is 5.77. The van der Waals surface area contributed by atoms with Crippen molar-refractivity contribution in [3.05, 3.63) is 73.5 Å². The number of hydrogen-bond acceptors (Lipinski definition) is 7. The zero-order chi connectivity index (χ0) is 27.4. The molecule has 1 aliphatic heterocycles. The number of carbonyl (C=O) groups is 1. The van der Waals surface area contributed by atoms with Crippen LogP contribution in [0, 0.1) is 22.0 Å². The van der Waals surface area contributed by atoms with Gasteiger partial charge in [0.2, 0.25) is 0 Å². The summed E-state index contributed by atoms with van der Waals surface area (Å²) in [6.07, 6.45) is 3.02. The molecule has 8 nitrogen and oxygen atoms in total. The predicted molar refractivity (Wildman–Crippen MR) is 149 cm³/mol. The van der Waals surface area contributed by atoms with Gasteiger partial charge in [-0.25, -0.2) is 0 Å². The molecule has 2 aromatic carbocycles. The molecule has 1 fully saturated rings. The maximum atomic E-state index is 13.4. The zero-order valence-electron chi connectivity index (χ0n) is 22.2. The molecule has 3 unspecified atom stereocenters. The average molecular weight is 585 g/mol. The molecule has 38 heavy (non-hydrogen) atoms. The van der Waals surface area contributed by atoms with Crippen LogP contribution in [0.25, 0.3) is 0 Å². The molecule has 0 bridgehead atoms. The zero-order valence-corrected chi connectivity index (χ0v) is 23.7. The molecule has 0 N–H and O–H groups in total. The summed E-state index contributed by atoms with van der Waals surface area (Å²) in [5, 5.41) is 12.3. The van der Waals surface area contributed by atoms with Crippen molar-refractivity contribution in [1.82, 2.24) is 0 Å². The van der Waals surface area contributed by atoms with Gasteiger partial charge in [0.1, 0.15) is 23.8 Å². The van der Waals surface area contributed by atoms with Crippen molar-refractivity contribution in [2.24, 2.45) is 16.8 Å². The van der Waals surface area contributed by atoms with Gasteiger partial charge in [0.15, 0.2) is 11.5 Å². The highest BCUT2D eigenvalue weighted by Gasteiger charge is 2.48. The molecule has 2 aromatic rings. The molecule has 0 spiro atoms. The van der Waals surface area contributed by atoms with Gasteiger partial charge >= 0.3 is 0 Å². The van der Waals surface area contributed by atoms with Crippen LogP contribution in [0.1, 0.15) is 63.5 Å². The van der Waals surface area contributed by atoms with E-state index in [2.05, 4.69) is 27.8 Å². The lowest BCUT2D eigenvalue weighted by atomic mass is 9.68. The first-order valence-electron chi connectivity index (χ1n) is 12.9. The number of fused-ring (bicyclic) bond motifs is 1. The Kier molecular flexibility index (Phi) is 8.87. The van der Waals surface area contributed by atoms with Gasteiger partial charge in [-0.15, -0.1) is 0 Å². The SMILES string of the molecule is CCCC1CC(=O)C2C(=NC(C)=C([N+](=O)[O-])C2c2cc(Br)c(OCc3cccc(OC)c3)c(OCC)c2)C1. The van der Waals surface area contributed by atoms with Gasteiger partial charge in [0.25, 0.3) is 5.70 Å². The number of nitro groups is 1. The fourth-order valence-electron chi connectivity index (χ4n) is 5.54. The number of aliphatic imine (C=N–C) groups is 1. The lowest BCUT2D eigenvalue weighted by Crippen LogP contribution is -2.41. The highest BCUT2D eigenvalue weighted by atomic mass is 79.9. The summed E-state index contributed by atoms with van der Waals surface area (Å²) in [6, 6.07) is 11.2. The van der Waals surface area contributed by atoms with E-state index >= 15 is 0 Å². The maximum Gasteiger partial charge on any atom is 0.275 e. The number of allylic oxidation sites excluding steroid dienone is 2. The van der Waals surface area contributed by atoms with E-state index in [-0.39, 0.29) is 24.0 Å². The molecule has 1 aliphatic carbocycles. The van der Waals surface area contributed by atoms with Crippen LogP contribution in [0.3, 0.4) is 0 Å². The van der Waals surface area contributed by atoms with Gasteiger partial charge in [-0.2, -0.15) is 0 Å². The van der Waals surface area contributed by atoms with Crippen molar-refractivity contribution in [3.8, 4) is 17.2 Å². The molecule has 1 saturated carbocycles. The van der Waals surface area contributed by atoms with Crippen molar-refractivity contribution in [3.63, 3.8) is 0 Å². The summed E-state index contributed by atoms with van der Waals surface area (Å²) in [7, 11) is 1.61. The van der Waals surface area contributed by atoms with Crippen LogP contribution in [-0.2, 0) is 11.4 Å². The van der Waals surface area contributed by atoms with E-state index in [9.17, 15) is 14.9 Å². The standard InChI is InChI=1S/C29H33BrN2O6/c1-5-8-18-12-23-27(24(33)13-18)26(28(32(34)35)17(3)31-23)20-14-22(30)29(25(15-20)37-6-2)38-16-19-9-7-10-21(11-19)36-4/h7,9-11,14-15,18,26-27H,5-6,8,12-13,16H2,1-4H3. The van der Waals surface area contributed by atoms with Crippen molar-refractivity contribution in [1.29, 1.82) is 0 Å². The molecule has 0 aromatic heterocycles. The number of benzene rings is 2. The summed E-state index contributed by atoms with van der Waals surface area (Å²) in [6.45, 7) is 6.27. The van der Waals surface area contributed by atoms with E-state index < -0.39 is 16.8 Å². The summed E-state index contributed by atoms with van der Waals surface area (Å²) in [4.78, 5) is 29.9. The molecule has 4 rings (SSSR count). The first kappa shape index (κ1) is 27.8. The second kappa shape index (κ2) is 12.1. The Hall–Kier alpha value is -3.20. The molecule has 2 aliphatic rings. The van der Waals surface area contributed by atoms with Gasteiger partial charge in [-0.3, -0.25) is 19.9 Å². The minimum absolute atomic E-state index is 0.0118. The Labute approximate surface area is 231 Å². The Morgan fingerprint density at radius 3 is 2.61 bits per heavy atom. The predicted octanol–water partition coefficient (Wildman–Crippen LogP) is 6.88. The molecule has 202 valence electrons. The Morgan fingerprint density at radius 2 is 1.92 bits per heavy atom. The number of ketones is 1. The van der Waals surface area contributed by atoms with Crippen molar-refractivity contribution in [2.75, 3.05) is 13.7 Å². The smallest absolute Gasteiger partial charge is 0.275 e. The molecule has 1 heterocycles. The first-order chi connectivity index (χ1) is 18.3. The quantitative estimate of drug-likeness (QED) is 0.223. The number of hydrogen-bond donors (Lipinski definition) is 0. The van der Waals surface area contributed by atoms with Crippen LogP contribution in [0.5, 0.6) is 17.2 Å². The highest BCUT2D eigenvalue weighted by molar-refractivity contribution is 9.10. The van der Waals surface area contributed by atoms with Crippen LogP contribution >= 0.6 is 15.9 Å². The van der Waals surface area contributed by atoms with Crippen LogP contribution in [0.4, 0.5) is 0 Å². The fraction of sp³-hybridized carbons (Fsp3) is 0.448. The van der Waals surface area contributed by atoms with E-state index in [0.717, 1.165) is 29.9 Å². The van der Waals surface area contributed by atoms with Crippen molar-refractivity contribution in [2.45, 2.75) is 59.0 Å². The Bertz CT molecular complexity index is 1290. The van der Waals surface area contributed by atoms with E-state index in [1.165, 1.54) is 0 Å². The molecule has 9 heteroatoms. The first-order valence-corrected chi connectivity index (χ1v) is 13.7. The summed E-state index contributed by atoms with van der Waals surface area (Å²) in [5.41, 5.74) is 2.60. The minimum Gasteiger partial charge on any atom is -0.497 e. The van der Waals surface area contributed by atoms with Crippen LogP contribution < -0.4 is 14.2 Å². The van der Waals surface area contributed by atoms with Crippen molar-refractivity contribution < 1.29 is 23.9 Å². The summed E-state index contributed by atoms with van der Waals surface area (Å²) >= 11 is 3.61. The number of rotatable bonds is 10. The molecular weight excluding hydrogens is 552 g/mol. The van der Waals surface area contributed by atoms with E-state index in [4.69, 9.17) is 14.2 Å². The van der Waals surface area contributed by atoms with Crippen molar-refractivity contribution >= 4 is 27.4 Å². The normalized spacial score (nSPS) is 21.0. The van der Waals surface area contributed by atoms with Crippen LogP contribution in [-0.4, -0.2) is 30.1 Å². The highest BCUT2D eigenvalue weighted by Crippen LogP contribution is 2.48. The van der Waals surface area contributed by atoms with E-state index in [1.807, 2.05) is 31.2 Å². The van der Waals surface area contributed by atoms with Gasteiger partial charge in [0, 0.05) is 12.1 Å². The van der Waals surface area contributed by atoms with Crippen LogP contribution in [0.15, 0.2) is 57.3 Å². The van der Waals surface area contributed by atoms with Gasteiger partial charge in [0.05, 0.1) is 34.9 Å². The minimum atomic E-state index is -0.754. The largest absolute Gasteiger partial charge is 0.497 e. The summed E-state index contributed by atoms with van der Waals surface area (Å²) < 4.78 is 18.0. The van der Waals surface area contributed by atoms with Gasteiger partial charge < -0.3 is 14.2 Å². The van der Waals surface area contributed by atoms with Crippen LogP contribution in [0.2, 0.25) is 0 Å². The number of nitrogens with zero attached hydrogens (tertiary/aromatic N) is 2. The Balaban J connectivity index is 1.73. The lowest BCUT2D eigenvalue weighted by Gasteiger charge is -2.36. The second-order valence-electron chi connectivity index (χ2n) is 9.72. The topological polar surface area (TPSA) is 100 Å². The fourth-order valence-corrected chi connectivity index (χ4v) is 6.11. The summed E-state index contributed by atoms with van der Waals surface area (Å²) in [5.74, 6) is 0.505. The number of Topliss-reactive ketones (excluding diaryl/α,β-unsaturated/α-hetero) is 1. The number of carbonyl (C=O) groups excluding carboxylic acids is 1. The second-order valence-corrected chi connectivity index (χ2v) is 10.6. The molecule has 3 atom stereocenters. The molecule has 0 amide bonds. The molecule has 0 saturated heterocycles. The number of halogens is 1. The van der Waals surface area contributed by atoms with Gasteiger partial charge in [-0.1, -0.05) is 25.5 Å². The third-order valence-electron chi connectivity index (χ3n) is 7.11. The van der Waals surface area contributed by atoms with E-state index in [1.54, 1.807) is 26.2 Å². The molecular formula is C29H33BrN2O6. The molecule has 0 radical (unpaired) electrons. The maximum absolute atomic E-state index is 13.4.